The van der Waals surface area contributed by atoms with Crippen molar-refractivity contribution in [1.29, 1.82) is 0 Å². The van der Waals surface area contributed by atoms with E-state index in [1.165, 1.54) is 0 Å². The molecule has 0 aliphatic carbocycles. The summed E-state index contributed by atoms with van der Waals surface area (Å²) >= 11 is 0. The minimum Gasteiger partial charge on any atom is -0.480 e. The van der Waals surface area contributed by atoms with Crippen molar-refractivity contribution in [2.24, 2.45) is 0 Å². The first-order valence-corrected chi connectivity index (χ1v) is 6.13. The number of carbonyl (C=O) groups excluding carboxylic acids is 1. The predicted molar refractivity (Wildman–Crippen MR) is 76.1 cm³/mol. The Morgan fingerprint density at radius 3 is 2.50 bits per heavy atom. The summed E-state index contributed by atoms with van der Waals surface area (Å²) in [5.41, 5.74) is 1.37. The van der Waals surface area contributed by atoms with E-state index in [9.17, 15) is 9.59 Å². The van der Waals surface area contributed by atoms with Gasteiger partial charge in [-0.3, -0.25) is 0 Å². The number of hydrogen-bond donors (Lipinski definition) is 4. The lowest BCUT2D eigenvalue weighted by atomic mass is 10.2. The number of aliphatic hydroxyl groups excluding tert-OH is 1. The van der Waals surface area contributed by atoms with Gasteiger partial charge in [0, 0.05) is 27.1 Å². The molecule has 110 valence electrons. The van der Waals surface area contributed by atoms with Crippen LogP contribution >= 0.6 is 0 Å². The second kappa shape index (κ2) is 7.34. The van der Waals surface area contributed by atoms with Gasteiger partial charge in [-0.25, -0.2) is 9.59 Å². The van der Waals surface area contributed by atoms with E-state index in [1.54, 1.807) is 12.1 Å². The highest BCUT2D eigenvalue weighted by atomic mass is 16.4. The molecule has 2 amide bonds. The molecular formula is C13H19N3O4. The molecule has 0 saturated heterocycles. The van der Waals surface area contributed by atoms with Crippen molar-refractivity contribution >= 4 is 23.4 Å². The summed E-state index contributed by atoms with van der Waals surface area (Å²) < 4.78 is 0. The van der Waals surface area contributed by atoms with Gasteiger partial charge in [-0.05, 0) is 12.1 Å². The van der Waals surface area contributed by atoms with Crippen LogP contribution in [0.1, 0.15) is 6.42 Å². The predicted octanol–water partition coefficient (Wildman–Crippen LogP) is 0.710. The van der Waals surface area contributed by atoms with Crippen LogP contribution in [0.15, 0.2) is 24.3 Å². The lowest BCUT2D eigenvalue weighted by Gasteiger charge is -2.19. The number of carbonyl (C=O) groups is 2. The zero-order valence-corrected chi connectivity index (χ0v) is 11.5. The van der Waals surface area contributed by atoms with E-state index in [0.717, 1.165) is 5.69 Å². The summed E-state index contributed by atoms with van der Waals surface area (Å²) in [4.78, 5) is 24.5. The molecule has 7 heteroatoms. The summed E-state index contributed by atoms with van der Waals surface area (Å²) in [6, 6.07) is 5.41. The highest BCUT2D eigenvalue weighted by Gasteiger charge is 2.19. The van der Waals surface area contributed by atoms with Crippen molar-refractivity contribution in [3.05, 3.63) is 24.3 Å². The number of nitrogens with zero attached hydrogens (tertiary/aromatic N) is 1. The first-order chi connectivity index (χ1) is 9.45. The molecule has 1 aromatic carbocycles. The van der Waals surface area contributed by atoms with E-state index in [1.807, 2.05) is 31.1 Å². The number of rotatable bonds is 6. The van der Waals surface area contributed by atoms with Crippen molar-refractivity contribution in [1.82, 2.24) is 5.32 Å². The lowest BCUT2D eigenvalue weighted by molar-refractivity contribution is -0.139. The summed E-state index contributed by atoms with van der Waals surface area (Å²) in [5, 5.41) is 22.6. The van der Waals surface area contributed by atoms with Gasteiger partial charge in [0.15, 0.2) is 0 Å². The molecule has 1 atom stereocenters. The highest BCUT2D eigenvalue weighted by Crippen LogP contribution is 2.23. The fourth-order valence-electron chi connectivity index (χ4n) is 1.67. The molecular weight excluding hydrogens is 262 g/mol. The zero-order chi connectivity index (χ0) is 15.1. The molecule has 0 bridgehead atoms. The second-order valence-corrected chi connectivity index (χ2v) is 4.41. The summed E-state index contributed by atoms with van der Waals surface area (Å²) in [5.74, 6) is -1.19. The molecule has 0 unspecified atom stereocenters. The molecule has 0 fully saturated rings. The summed E-state index contributed by atoms with van der Waals surface area (Å²) in [6.45, 7) is -0.314. The Labute approximate surface area is 117 Å². The van der Waals surface area contributed by atoms with Crippen LogP contribution in [0.25, 0.3) is 0 Å². The molecule has 0 spiro atoms. The number of amides is 2. The Bertz CT molecular complexity index is 476. The number of carboxylic acid groups (broad SMARTS) is 1. The summed E-state index contributed by atoms with van der Waals surface area (Å²) in [6.07, 6.45) is -0.0436. The Morgan fingerprint density at radius 1 is 1.30 bits per heavy atom. The molecule has 0 heterocycles. The van der Waals surface area contributed by atoms with E-state index in [-0.39, 0.29) is 13.0 Å². The SMILES string of the molecule is CN(C)c1ccccc1NC(=O)N[C@H](CCO)C(=O)O. The number of nitrogens with one attached hydrogen (secondary N) is 2. The van der Waals surface area contributed by atoms with Crippen molar-refractivity contribution < 1.29 is 19.8 Å². The smallest absolute Gasteiger partial charge is 0.326 e. The van der Waals surface area contributed by atoms with Gasteiger partial charge in [0.25, 0.3) is 0 Å². The minimum absolute atomic E-state index is 0.0436. The minimum atomic E-state index is -1.19. The van der Waals surface area contributed by atoms with Crippen LogP contribution in [0.2, 0.25) is 0 Å². The third-order valence-corrected chi connectivity index (χ3v) is 2.66. The van der Waals surface area contributed by atoms with Gasteiger partial charge in [-0.2, -0.15) is 0 Å². The van der Waals surface area contributed by atoms with Crippen molar-refractivity contribution in [3.8, 4) is 0 Å². The third kappa shape index (κ3) is 4.43. The van der Waals surface area contributed by atoms with Gasteiger partial charge in [0.2, 0.25) is 0 Å². The van der Waals surface area contributed by atoms with E-state index in [0.29, 0.717) is 5.69 Å². The van der Waals surface area contributed by atoms with Gasteiger partial charge in [-0.15, -0.1) is 0 Å². The van der Waals surface area contributed by atoms with Gasteiger partial charge in [-0.1, -0.05) is 12.1 Å². The number of carboxylic acids is 1. The van der Waals surface area contributed by atoms with E-state index >= 15 is 0 Å². The molecule has 0 aromatic heterocycles. The van der Waals surface area contributed by atoms with Crippen molar-refractivity contribution in [2.75, 3.05) is 30.9 Å². The molecule has 20 heavy (non-hydrogen) atoms. The lowest BCUT2D eigenvalue weighted by Crippen LogP contribution is -2.43. The fraction of sp³-hybridized carbons (Fsp3) is 0.385. The van der Waals surface area contributed by atoms with Crippen molar-refractivity contribution in [3.63, 3.8) is 0 Å². The standard InChI is InChI=1S/C13H19N3O4/c1-16(2)11-6-4-3-5-9(11)14-13(20)15-10(7-8-17)12(18)19/h3-6,10,17H,7-8H2,1-2H3,(H,18,19)(H2,14,15,20)/t10-/m1/s1. The van der Waals surface area contributed by atoms with Gasteiger partial charge in [0.1, 0.15) is 6.04 Å². The van der Waals surface area contributed by atoms with E-state index in [4.69, 9.17) is 10.2 Å². The van der Waals surface area contributed by atoms with Gasteiger partial charge in [0.05, 0.1) is 11.4 Å². The maximum absolute atomic E-state index is 11.8. The number of benzene rings is 1. The van der Waals surface area contributed by atoms with Crippen LogP contribution in [0, 0.1) is 0 Å². The number of aliphatic hydroxyl groups is 1. The maximum atomic E-state index is 11.8. The number of anilines is 2. The largest absolute Gasteiger partial charge is 0.480 e. The fourth-order valence-corrected chi connectivity index (χ4v) is 1.67. The number of aliphatic carboxylic acids is 1. The molecule has 0 aliphatic heterocycles. The Hall–Kier alpha value is -2.28. The van der Waals surface area contributed by atoms with Crippen LogP contribution in [0.4, 0.5) is 16.2 Å². The number of urea groups is 1. The first kappa shape index (κ1) is 15.8. The molecule has 1 aromatic rings. The van der Waals surface area contributed by atoms with Gasteiger partial charge >= 0.3 is 12.0 Å². The topological polar surface area (TPSA) is 102 Å². The molecule has 0 aliphatic rings. The van der Waals surface area contributed by atoms with Crippen LogP contribution in [0.3, 0.4) is 0 Å². The zero-order valence-electron chi connectivity index (χ0n) is 11.5. The normalized spacial score (nSPS) is 11.6. The van der Waals surface area contributed by atoms with Crippen LogP contribution in [-0.2, 0) is 4.79 Å². The van der Waals surface area contributed by atoms with E-state index in [2.05, 4.69) is 10.6 Å². The Balaban J connectivity index is 2.73. The quantitative estimate of drug-likeness (QED) is 0.615. The molecule has 4 N–H and O–H groups in total. The maximum Gasteiger partial charge on any atom is 0.326 e. The average molecular weight is 281 g/mol. The van der Waals surface area contributed by atoms with Crippen LogP contribution in [-0.4, -0.2) is 49.0 Å². The second-order valence-electron chi connectivity index (χ2n) is 4.41. The monoisotopic (exact) mass is 281 g/mol. The molecule has 0 radical (unpaired) electrons. The number of hydrogen-bond acceptors (Lipinski definition) is 4. The molecule has 0 saturated carbocycles. The third-order valence-electron chi connectivity index (χ3n) is 2.66. The first-order valence-electron chi connectivity index (χ1n) is 6.13. The summed E-state index contributed by atoms with van der Waals surface area (Å²) in [7, 11) is 3.68. The van der Waals surface area contributed by atoms with E-state index < -0.39 is 18.0 Å². The average Bonchev–Trinajstić information content (AvgIpc) is 2.38. The number of para-hydroxylation sites is 2. The van der Waals surface area contributed by atoms with Crippen LogP contribution in [0.5, 0.6) is 0 Å². The highest BCUT2D eigenvalue weighted by molar-refractivity contribution is 5.95. The van der Waals surface area contributed by atoms with Crippen LogP contribution < -0.4 is 15.5 Å². The van der Waals surface area contributed by atoms with Gasteiger partial charge < -0.3 is 25.7 Å². The Morgan fingerprint density at radius 2 is 1.95 bits per heavy atom. The Kier molecular flexibility index (Phi) is 5.79. The molecule has 7 nitrogen and oxygen atoms in total. The van der Waals surface area contributed by atoms with Crippen molar-refractivity contribution in [2.45, 2.75) is 12.5 Å². The molecule has 1 rings (SSSR count).